The van der Waals surface area contributed by atoms with Crippen molar-refractivity contribution in [1.82, 2.24) is 0 Å². The molecule has 0 aliphatic carbocycles. The molecular weight excluding hydrogens is 352 g/mol. The van der Waals surface area contributed by atoms with Gasteiger partial charge in [-0.05, 0) is 18.6 Å². The lowest BCUT2D eigenvalue weighted by molar-refractivity contribution is -0.00910. The van der Waals surface area contributed by atoms with Crippen LogP contribution in [-0.2, 0) is 23.7 Å². The van der Waals surface area contributed by atoms with Gasteiger partial charge in [0.25, 0.3) is 0 Å². The molecule has 0 aliphatic rings. The zero-order valence-electron chi connectivity index (χ0n) is 16.4. The molecule has 154 valence electrons. The average molecular weight is 384 g/mol. The van der Waals surface area contributed by atoms with Gasteiger partial charge in [0.2, 0.25) is 0 Å². The summed E-state index contributed by atoms with van der Waals surface area (Å²) in [7, 11) is 1.52. The van der Waals surface area contributed by atoms with Gasteiger partial charge in [-0.25, -0.2) is 4.79 Å². The Labute approximate surface area is 161 Å². The Balaban J connectivity index is 1.88. The average Bonchev–Trinajstić information content (AvgIpc) is 2.70. The number of hydrogen-bond donors (Lipinski definition) is 0. The van der Waals surface area contributed by atoms with Crippen molar-refractivity contribution < 1.29 is 33.2 Å². The Bertz CT molecular complexity index is 493. The zero-order chi connectivity index (χ0) is 19.6. The predicted molar refractivity (Wildman–Crippen MR) is 101 cm³/mol. The molecule has 0 radical (unpaired) electrons. The molecule has 1 aromatic carbocycles. The summed E-state index contributed by atoms with van der Waals surface area (Å²) in [5, 5.41) is 0. The Morgan fingerprint density at radius 1 is 0.778 bits per heavy atom. The first-order valence-corrected chi connectivity index (χ1v) is 9.40. The summed E-state index contributed by atoms with van der Waals surface area (Å²) >= 11 is 0. The number of unbranched alkanes of at least 4 members (excludes halogenated alkanes) is 1. The van der Waals surface area contributed by atoms with E-state index in [-0.39, 0.29) is 6.61 Å². The number of esters is 1. The molecule has 0 amide bonds. The van der Waals surface area contributed by atoms with Crippen LogP contribution in [0.15, 0.2) is 24.3 Å². The van der Waals surface area contributed by atoms with Gasteiger partial charge in [-0.1, -0.05) is 25.5 Å². The Kier molecular flexibility index (Phi) is 14.3. The number of ether oxygens (including phenoxy) is 6. The quantitative estimate of drug-likeness (QED) is 0.302. The first kappa shape index (κ1) is 23.4. The van der Waals surface area contributed by atoms with E-state index in [1.54, 1.807) is 24.3 Å². The van der Waals surface area contributed by atoms with Gasteiger partial charge in [-0.15, -0.1) is 0 Å². The third-order valence-corrected chi connectivity index (χ3v) is 3.55. The number of carbonyl (C=O) groups is 1. The molecule has 0 aromatic heterocycles. The number of benzene rings is 1. The molecule has 0 atom stereocenters. The molecule has 7 nitrogen and oxygen atoms in total. The highest BCUT2D eigenvalue weighted by atomic mass is 16.6. The topological polar surface area (TPSA) is 72.5 Å². The molecule has 0 saturated carbocycles. The van der Waals surface area contributed by atoms with E-state index in [1.165, 1.54) is 7.11 Å². The van der Waals surface area contributed by atoms with Crippen molar-refractivity contribution in [2.24, 2.45) is 0 Å². The van der Waals surface area contributed by atoms with Crippen LogP contribution in [-0.4, -0.2) is 72.5 Å². The van der Waals surface area contributed by atoms with Gasteiger partial charge in [0, 0.05) is 6.61 Å². The highest BCUT2D eigenvalue weighted by Gasteiger charge is 2.12. The SMILES string of the molecule is CCCCOCCOCCOCCOCCOC(=O)c1ccccc1OC. The molecule has 1 rings (SSSR count). The first-order chi connectivity index (χ1) is 13.3. The van der Waals surface area contributed by atoms with Gasteiger partial charge < -0.3 is 28.4 Å². The summed E-state index contributed by atoms with van der Waals surface area (Å²) in [5.41, 5.74) is 0.402. The van der Waals surface area contributed by atoms with Crippen molar-refractivity contribution in [3.63, 3.8) is 0 Å². The minimum atomic E-state index is -0.428. The predicted octanol–water partition coefficient (Wildman–Crippen LogP) is 2.72. The van der Waals surface area contributed by atoms with Crippen LogP contribution in [0.5, 0.6) is 5.75 Å². The summed E-state index contributed by atoms with van der Waals surface area (Å²) in [6.07, 6.45) is 2.23. The van der Waals surface area contributed by atoms with Crippen LogP contribution in [0.2, 0.25) is 0 Å². The fourth-order valence-corrected chi connectivity index (χ4v) is 2.09. The lowest BCUT2D eigenvalue weighted by atomic mass is 10.2. The molecule has 0 spiro atoms. The Hall–Kier alpha value is -1.67. The Morgan fingerprint density at radius 3 is 1.85 bits per heavy atom. The van der Waals surface area contributed by atoms with Crippen LogP contribution in [0.25, 0.3) is 0 Å². The molecule has 7 heteroatoms. The van der Waals surface area contributed by atoms with Crippen LogP contribution in [0, 0.1) is 0 Å². The van der Waals surface area contributed by atoms with E-state index in [0.717, 1.165) is 19.4 Å². The molecule has 0 saturated heterocycles. The summed E-state index contributed by atoms with van der Waals surface area (Å²) in [5.74, 6) is 0.0645. The number of methoxy groups -OCH3 is 1. The molecule has 1 aromatic rings. The molecule has 0 unspecified atom stereocenters. The summed E-state index contributed by atoms with van der Waals surface area (Å²) in [6.45, 7) is 6.58. The van der Waals surface area contributed by atoms with E-state index in [2.05, 4.69) is 6.92 Å². The number of carbonyl (C=O) groups excluding carboxylic acids is 1. The monoisotopic (exact) mass is 384 g/mol. The first-order valence-electron chi connectivity index (χ1n) is 9.40. The van der Waals surface area contributed by atoms with Crippen molar-refractivity contribution >= 4 is 5.97 Å². The molecule has 27 heavy (non-hydrogen) atoms. The fourth-order valence-electron chi connectivity index (χ4n) is 2.09. The number of rotatable bonds is 17. The minimum absolute atomic E-state index is 0.179. The smallest absolute Gasteiger partial charge is 0.342 e. The third-order valence-electron chi connectivity index (χ3n) is 3.55. The number of para-hydroxylation sites is 1. The van der Waals surface area contributed by atoms with Crippen LogP contribution >= 0.6 is 0 Å². The van der Waals surface area contributed by atoms with Gasteiger partial charge in [0.15, 0.2) is 0 Å². The minimum Gasteiger partial charge on any atom is -0.496 e. The van der Waals surface area contributed by atoms with E-state index in [9.17, 15) is 4.79 Å². The van der Waals surface area contributed by atoms with Gasteiger partial charge in [-0.3, -0.25) is 0 Å². The summed E-state index contributed by atoms with van der Waals surface area (Å²) in [4.78, 5) is 12.0. The van der Waals surface area contributed by atoms with Crippen molar-refractivity contribution in [2.45, 2.75) is 19.8 Å². The maximum Gasteiger partial charge on any atom is 0.342 e. The van der Waals surface area contributed by atoms with E-state index >= 15 is 0 Å². The van der Waals surface area contributed by atoms with Gasteiger partial charge in [0.1, 0.15) is 17.9 Å². The van der Waals surface area contributed by atoms with E-state index in [4.69, 9.17) is 28.4 Å². The van der Waals surface area contributed by atoms with E-state index < -0.39 is 5.97 Å². The van der Waals surface area contributed by atoms with Crippen molar-refractivity contribution in [2.75, 3.05) is 66.6 Å². The second-order valence-electron chi connectivity index (χ2n) is 5.64. The van der Waals surface area contributed by atoms with Crippen molar-refractivity contribution in [3.05, 3.63) is 29.8 Å². The van der Waals surface area contributed by atoms with Crippen LogP contribution < -0.4 is 4.74 Å². The summed E-state index contributed by atoms with van der Waals surface area (Å²) in [6, 6.07) is 6.93. The highest BCUT2D eigenvalue weighted by molar-refractivity contribution is 5.92. The molecule has 0 aliphatic heterocycles. The van der Waals surface area contributed by atoms with Crippen molar-refractivity contribution in [3.8, 4) is 5.75 Å². The van der Waals surface area contributed by atoms with E-state index in [0.29, 0.717) is 57.6 Å². The zero-order valence-corrected chi connectivity index (χ0v) is 16.4. The molecule has 0 N–H and O–H groups in total. The maximum atomic E-state index is 12.0. The lowest BCUT2D eigenvalue weighted by Gasteiger charge is -2.09. The second-order valence-corrected chi connectivity index (χ2v) is 5.64. The molecule has 0 bridgehead atoms. The van der Waals surface area contributed by atoms with Gasteiger partial charge in [0.05, 0.1) is 53.4 Å². The van der Waals surface area contributed by atoms with Crippen LogP contribution in [0.3, 0.4) is 0 Å². The fraction of sp³-hybridized carbons (Fsp3) is 0.650. The number of hydrogen-bond acceptors (Lipinski definition) is 7. The molecule has 0 heterocycles. The van der Waals surface area contributed by atoms with E-state index in [1.807, 2.05) is 0 Å². The van der Waals surface area contributed by atoms with Gasteiger partial charge in [-0.2, -0.15) is 0 Å². The lowest BCUT2D eigenvalue weighted by Crippen LogP contribution is -2.15. The standard InChI is InChI=1S/C20H32O7/c1-3-4-9-23-10-11-24-12-13-25-14-15-26-16-17-27-20(21)18-7-5-6-8-19(18)22-2/h5-8H,3-4,9-17H2,1-2H3. The maximum absolute atomic E-state index is 12.0. The highest BCUT2D eigenvalue weighted by Crippen LogP contribution is 2.17. The van der Waals surface area contributed by atoms with Gasteiger partial charge >= 0.3 is 5.97 Å². The largest absolute Gasteiger partial charge is 0.496 e. The Morgan fingerprint density at radius 2 is 1.30 bits per heavy atom. The molecule has 0 fully saturated rings. The second kappa shape index (κ2) is 16.5. The third kappa shape index (κ3) is 11.6. The van der Waals surface area contributed by atoms with Crippen molar-refractivity contribution in [1.29, 1.82) is 0 Å². The normalized spacial score (nSPS) is 10.7. The van der Waals surface area contributed by atoms with Crippen LogP contribution in [0.1, 0.15) is 30.1 Å². The summed E-state index contributed by atoms with van der Waals surface area (Å²) < 4.78 is 31.8. The van der Waals surface area contributed by atoms with Crippen LogP contribution in [0.4, 0.5) is 0 Å². The molecular formula is C20H32O7.